The lowest BCUT2D eigenvalue weighted by atomic mass is 10.0. The molecule has 0 saturated heterocycles. The van der Waals surface area contributed by atoms with Crippen molar-refractivity contribution >= 4 is 17.8 Å². The zero-order valence-electron chi connectivity index (χ0n) is 15.7. The highest BCUT2D eigenvalue weighted by Crippen LogP contribution is 2.19. The van der Waals surface area contributed by atoms with Crippen molar-refractivity contribution in [2.45, 2.75) is 25.8 Å². The van der Waals surface area contributed by atoms with Gasteiger partial charge in [-0.3, -0.25) is 14.4 Å². The monoisotopic (exact) mass is 384 g/mol. The second kappa shape index (κ2) is 10.7. The van der Waals surface area contributed by atoms with Crippen LogP contribution in [0.1, 0.15) is 41.7 Å². The van der Waals surface area contributed by atoms with Crippen LogP contribution in [0, 0.1) is 0 Å². The van der Waals surface area contributed by atoms with Crippen LogP contribution in [0.5, 0.6) is 5.75 Å². The highest BCUT2D eigenvalue weighted by molar-refractivity contribution is 5.98. The van der Waals surface area contributed by atoms with E-state index >= 15 is 0 Å². The molecule has 1 unspecified atom stereocenters. The Morgan fingerprint density at radius 2 is 1.71 bits per heavy atom. The number of rotatable bonds is 10. The highest BCUT2D eigenvalue weighted by Gasteiger charge is 2.17. The van der Waals surface area contributed by atoms with Gasteiger partial charge in [0.15, 0.2) is 0 Å². The molecule has 7 nitrogen and oxygen atoms in total. The van der Waals surface area contributed by atoms with Crippen LogP contribution < -0.4 is 15.4 Å². The molecule has 0 aliphatic carbocycles. The van der Waals surface area contributed by atoms with Crippen LogP contribution in [0.3, 0.4) is 0 Å². The van der Waals surface area contributed by atoms with Crippen LogP contribution in [0.25, 0.3) is 0 Å². The first-order valence-electron chi connectivity index (χ1n) is 9.07. The Hall–Kier alpha value is -3.35. The lowest BCUT2D eigenvalue weighted by molar-refractivity contribution is -0.137. The number of nitrogens with one attached hydrogen (secondary N) is 2. The van der Waals surface area contributed by atoms with E-state index in [4.69, 9.17) is 9.84 Å². The third kappa shape index (κ3) is 6.42. The molecule has 2 aromatic carbocycles. The number of para-hydroxylation sites is 1. The number of carbonyl (C=O) groups is 3. The van der Waals surface area contributed by atoms with Crippen LogP contribution >= 0.6 is 0 Å². The molecular weight excluding hydrogens is 360 g/mol. The standard InChI is InChI=1S/C21H24N2O5/c1-2-28-18-11-7-6-10-16(18)21(27)22-14-19(24)23-17(12-13-20(25)26)15-8-4-3-5-9-15/h3-11,17H,2,12-14H2,1H3,(H,22,27)(H,23,24)(H,25,26). The zero-order valence-corrected chi connectivity index (χ0v) is 15.7. The Morgan fingerprint density at radius 1 is 1.04 bits per heavy atom. The molecular formula is C21H24N2O5. The van der Waals surface area contributed by atoms with Gasteiger partial charge in [-0.2, -0.15) is 0 Å². The number of carboxylic acids is 1. The van der Waals surface area contributed by atoms with E-state index in [2.05, 4.69) is 10.6 Å². The van der Waals surface area contributed by atoms with Crippen molar-refractivity contribution in [3.63, 3.8) is 0 Å². The van der Waals surface area contributed by atoms with Gasteiger partial charge in [0.2, 0.25) is 5.91 Å². The van der Waals surface area contributed by atoms with E-state index in [-0.39, 0.29) is 19.4 Å². The van der Waals surface area contributed by atoms with Crippen molar-refractivity contribution in [1.82, 2.24) is 10.6 Å². The Kier molecular flexibility index (Phi) is 8.02. The van der Waals surface area contributed by atoms with E-state index in [1.165, 1.54) is 0 Å². The number of carbonyl (C=O) groups excluding carboxylic acids is 2. The van der Waals surface area contributed by atoms with E-state index in [9.17, 15) is 14.4 Å². The Bertz CT molecular complexity index is 807. The van der Waals surface area contributed by atoms with Crippen LogP contribution in [0.4, 0.5) is 0 Å². The number of hydrogen-bond donors (Lipinski definition) is 3. The molecule has 7 heteroatoms. The highest BCUT2D eigenvalue weighted by atomic mass is 16.5. The maximum Gasteiger partial charge on any atom is 0.303 e. The second-order valence-corrected chi connectivity index (χ2v) is 6.08. The molecule has 0 fully saturated rings. The number of aliphatic carboxylic acids is 1. The summed E-state index contributed by atoms with van der Waals surface area (Å²) in [6.07, 6.45) is 0.181. The van der Waals surface area contributed by atoms with Gasteiger partial charge < -0.3 is 20.5 Å². The molecule has 148 valence electrons. The van der Waals surface area contributed by atoms with Gasteiger partial charge in [0.05, 0.1) is 24.8 Å². The summed E-state index contributed by atoms with van der Waals surface area (Å²) in [6, 6.07) is 15.5. The average Bonchev–Trinajstić information content (AvgIpc) is 2.70. The predicted octanol–water partition coefficient (Wildman–Crippen LogP) is 2.54. The number of carboxylic acid groups (broad SMARTS) is 1. The number of amides is 2. The summed E-state index contributed by atoms with van der Waals surface area (Å²) in [5.74, 6) is -1.30. The fourth-order valence-corrected chi connectivity index (χ4v) is 2.71. The molecule has 0 heterocycles. The van der Waals surface area contributed by atoms with Crippen molar-refractivity contribution in [2.75, 3.05) is 13.2 Å². The van der Waals surface area contributed by atoms with Gasteiger partial charge in [0.25, 0.3) is 5.91 Å². The minimum absolute atomic E-state index is 0.0755. The van der Waals surface area contributed by atoms with Gasteiger partial charge >= 0.3 is 5.97 Å². The molecule has 2 amide bonds. The molecule has 0 bridgehead atoms. The maximum absolute atomic E-state index is 12.4. The second-order valence-electron chi connectivity index (χ2n) is 6.08. The van der Waals surface area contributed by atoms with Gasteiger partial charge in [-0.15, -0.1) is 0 Å². The normalized spacial score (nSPS) is 11.3. The number of benzene rings is 2. The third-order valence-corrected chi connectivity index (χ3v) is 4.03. The third-order valence-electron chi connectivity index (χ3n) is 4.03. The smallest absolute Gasteiger partial charge is 0.303 e. The fraction of sp³-hybridized carbons (Fsp3) is 0.286. The van der Waals surface area contributed by atoms with Gasteiger partial charge in [-0.1, -0.05) is 42.5 Å². The van der Waals surface area contributed by atoms with Crippen molar-refractivity contribution in [1.29, 1.82) is 0 Å². The van der Waals surface area contributed by atoms with Gasteiger partial charge in [0, 0.05) is 6.42 Å². The summed E-state index contributed by atoms with van der Waals surface area (Å²) in [4.78, 5) is 35.6. The summed E-state index contributed by atoms with van der Waals surface area (Å²) in [5.41, 5.74) is 1.16. The lowest BCUT2D eigenvalue weighted by Gasteiger charge is -2.19. The van der Waals surface area contributed by atoms with Gasteiger partial charge in [-0.05, 0) is 31.0 Å². The quantitative estimate of drug-likeness (QED) is 0.584. The lowest BCUT2D eigenvalue weighted by Crippen LogP contribution is -2.39. The number of ether oxygens (including phenoxy) is 1. The summed E-state index contributed by atoms with van der Waals surface area (Å²) in [5, 5.41) is 14.3. The van der Waals surface area contributed by atoms with E-state index in [1.807, 2.05) is 37.3 Å². The van der Waals surface area contributed by atoms with Crippen molar-refractivity contribution < 1.29 is 24.2 Å². The molecule has 0 saturated carbocycles. The molecule has 1 atom stereocenters. The Labute approximate surface area is 163 Å². The van der Waals surface area contributed by atoms with E-state index in [0.717, 1.165) is 5.56 Å². The summed E-state index contributed by atoms with van der Waals surface area (Å²) < 4.78 is 5.42. The molecule has 0 radical (unpaired) electrons. The summed E-state index contributed by atoms with van der Waals surface area (Å²) in [7, 11) is 0. The van der Waals surface area contributed by atoms with E-state index < -0.39 is 23.8 Å². The van der Waals surface area contributed by atoms with Crippen LogP contribution in [-0.4, -0.2) is 36.0 Å². The molecule has 3 N–H and O–H groups in total. The molecule has 0 spiro atoms. The summed E-state index contributed by atoms with van der Waals surface area (Å²) >= 11 is 0. The largest absolute Gasteiger partial charge is 0.493 e. The minimum Gasteiger partial charge on any atom is -0.493 e. The first kappa shape index (κ1) is 21.0. The zero-order chi connectivity index (χ0) is 20.4. The van der Waals surface area contributed by atoms with Crippen molar-refractivity contribution in [2.24, 2.45) is 0 Å². The van der Waals surface area contributed by atoms with E-state index in [1.54, 1.807) is 24.3 Å². The molecule has 28 heavy (non-hydrogen) atoms. The molecule has 0 aliphatic heterocycles. The summed E-state index contributed by atoms with van der Waals surface area (Å²) in [6.45, 7) is 2.02. The van der Waals surface area contributed by atoms with Crippen molar-refractivity contribution in [3.05, 3.63) is 65.7 Å². The van der Waals surface area contributed by atoms with Gasteiger partial charge in [-0.25, -0.2) is 0 Å². The van der Waals surface area contributed by atoms with Crippen molar-refractivity contribution in [3.8, 4) is 5.75 Å². The van der Waals surface area contributed by atoms with Crippen LogP contribution in [0.15, 0.2) is 54.6 Å². The molecule has 0 aromatic heterocycles. The maximum atomic E-state index is 12.4. The molecule has 2 aromatic rings. The topological polar surface area (TPSA) is 105 Å². The number of hydrogen-bond acceptors (Lipinski definition) is 4. The SMILES string of the molecule is CCOc1ccccc1C(=O)NCC(=O)NC(CCC(=O)O)c1ccccc1. The van der Waals surface area contributed by atoms with Crippen LogP contribution in [0.2, 0.25) is 0 Å². The first-order valence-corrected chi connectivity index (χ1v) is 9.07. The predicted molar refractivity (Wildman–Crippen MR) is 104 cm³/mol. The molecule has 0 aliphatic rings. The van der Waals surface area contributed by atoms with Gasteiger partial charge in [0.1, 0.15) is 5.75 Å². The van der Waals surface area contributed by atoms with Crippen LogP contribution in [-0.2, 0) is 9.59 Å². The minimum atomic E-state index is -0.934. The first-order chi connectivity index (χ1) is 13.5. The average molecular weight is 384 g/mol. The molecule has 2 rings (SSSR count). The Morgan fingerprint density at radius 3 is 2.39 bits per heavy atom. The van der Waals surface area contributed by atoms with E-state index in [0.29, 0.717) is 17.9 Å². The Balaban J connectivity index is 1.97. The fourth-order valence-electron chi connectivity index (χ4n) is 2.71.